The number of hydrogen-bond donors (Lipinski definition) is 0. The summed E-state index contributed by atoms with van der Waals surface area (Å²) in [6.07, 6.45) is -0.491. The van der Waals surface area contributed by atoms with Gasteiger partial charge in [-0.2, -0.15) is 0 Å². The second kappa shape index (κ2) is 5.32. The van der Waals surface area contributed by atoms with Crippen molar-refractivity contribution in [2.45, 2.75) is 33.5 Å². The van der Waals surface area contributed by atoms with E-state index in [-0.39, 0.29) is 40.6 Å². The maximum Gasteiger partial charge on any atom is 0.379 e. The Hall–Kier alpha value is -3.36. The molecule has 0 amide bonds. The lowest BCUT2D eigenvalue weighted by Gasteiger charge is -2.05. The molecule has 2 aliphatic rings. The molecule has 0 N–H and O–H groups in total. The van der Waals surface area contributed by atoms with E-state index in [4.69, 9.17) is 23.4 Å². The second-order valence-corrected chi connectivity index (χ2v) is 5.96. The van der Waals surface area contributed by atoms with Gasteiger partial charge in [0.2, 0.25) is 23.0 Å². The smallest absolute Gasteiger partial charge is 0.379 e. The first-order valence-corrected chi connectivity index (χ1v) is 7.69. The number of cyclic esters (lactones) is 1. The van der Waals surface area contributed by atoms with Gasteiger partial charge in [0.05, 0.1) is 5.56 Å². The van der Waals surface area contributed by atoms with Gasteiger partial charge in [-0.1, -0.05) is 0 Å². The summed E-state index contributed by atoms with van der Waals surface area (Å²) in [5, 5.41) is 0. The quantitative estimate of drug-likeness (QED) is 0.455. The molecule has 1 atom stereocenters. The van der Waals surface area contributed by atoms with Crippen molar-refractivity contribution in [3.05, 3.63) is 22.5 Å². The van der Waals surface area contributed by atoms with Crippen LogP contribution in [-0.4, -0.2) is 29.8 Å². The molecule has 1 unspecified atom stereocenters. The van der Waals surface area contributed by atoms with Gasteiger partial charge in [-0.25, -0.2) is 14.4 Å². The van der Waals surface area contributed by atoms with Crippen molar-refractivity contribution in [3.63, 3.8) is 0 Å². The Labute approximate surface area is 145 Å². The number of carbonyl (C=O) groups excluding carboxylic acids is 4. The van der Waals surface area contributed by atoms with Gasteiger partial charge in [-0.3, -0.25) is 4.79 Å². The maximum atomic E-state index is 12.6. The molecule has 4 rings (SSSR count). The molecular weight excluding hydrogens is 348 g/mol. The van der Waals surface area contributed by atoms with Crippen molar-refractivity contribution in [1.29, 1.82) is 0 Å². The van der Waals surface area contributed by atoms with Crippen LogP contribution < -0.4 is 9.47 Å². The molecule has 2 aromatic heterocycles. The summed E-state index contributed by atoms with van der Waals surface area (Å²) < 4.78 is 26.0. The fourth-order valence-corrected chi connectivity index (χ4v) is 2.82. The maximum absolute atomic E-state index is 12.6. The van der Waals surface area contributed by atoms with Crippen molar-refractivity contribution in [3.8, 4) is 11.5 Å². The van der Waals surface area contributed by atoms with Gasteiger partial charge < -0.3 is 23.4 Å². The summed E-state index contributed by atoms with van der Waals surface area (Å²) >= 11 is 0. The van der Waals surface area contributed by atoms with Gasteiger partial charge >= 0.3 is 17.9 Å². The van der Waals surface area contributed by atoms with E-state index < -0.39 is 29.8 Å². The van der Waals surface area contributed by atoms with Crippen molar-refractivity contribution in [2.75, 3.05) is 0 Å². The van der Waals surface area contributed by atoms with E-state index in [9.17, 15) is 19.2 Å². The molecule has 2 aromatic rings. The van der Waals surface area contributed by atoms with Crippen molar-refractivity contribution in [1.82, 2.24) is 0 Å². The molecule has 26 heavy (non-hydrogen) atoms. The van der Waals surface area contributed by atoms with Crippen LogP contribution in [0.5, 0.6) is 11.5 Å². The Morgan fingerprint density at radius 2 is 1.88 bits per heavy atom. The lowest BCUT2D eigenvalue weighted by Crippen LogP contribution is -2.17. The Morgan fingerprint density at radius 1 is 1.15 bits per heavy atom. The summed E-state index contributed by atoms with van der Waals surface area (Å²) in [7, 11) is 0. The number of carbonyl (C=O) groups is 4. The Kier molecular flexibility index (Phi) is 3.30. The van der Waals surface area contributed by atoms with Crippen molar-refractivity contribution in [2.24, 2.45) is 0 Å². The molecule has 9 heteroatoms. The zero-order valence-electron chi connectivity index (χ0n) is 14.0. The molecule has 2 bridgehead atoms. The van der Waals surface area contributed by atoms with Crippen LogP contribution in [0.1, 0.15) is 36.7 Å². The van der Waals surface area contributed by atoms with Gasteiger partial charge in [0.25, 0.3) is 0 Å². The number of rotatable bonds is 4. The molecule has 0 radical (unpaired) electrons. The molecule has 0 aliphatic carbocycles. The number of esters is 3. The van der Waals surface area contributed by atoms with E-state index in [0.29, 0.717) is 11.1 Å². The molecule has 134 valence electrons. The first-order valence-electron chi connectivity index (χ1n) is 7.69. The third-order valence-corrected chi connectivity index (χ3v) is 4.30. The van der Waals surface area contributed by atoms with Crippen molar-refractivity contribution < 1.29 is 42.5 Å². The highest BCUT2D eigenvalue weighted by Crippen LogP contribution is 2.52. The van der Waals surface area contributed by atoms with Crippen LogP contribution in [0.3, 0.4) is 0 Å². The third kappa shape index (κ3) is 2.10. The van der Waals surface area contributed by atoms with Crippen LogP contribution in [0.15, 0.2) is 15.7 Å². The Balaban J connectivity index is 1.71. The predicted molar refractivity (Wildman–Crippen MR) is 81.7 cm³/mol. The van der Waals surface area contributed by atoms with Crippen LogP contribution in [0.25, 0.3) is 11.2 Å². The molecule has 0 spiro atoms. The zero-order chi connectivity index (χ0) is 18.7. The van der Waals surface area contributed by atoms with Crippen LogP contribution in [0, 0.1) is 0 Å². The second-order valence-electron chi connectivity index (χ2n) is 5.96. The normalized spacial score (nSPS) is 18.3. The summed E-state index contributed by atoms with van der Waals surface area (Å²) in [5.41, 5.74) is 1.07. The standard InChI is InChI=1S/C17H12O9/c1-5-7(3)23-17(21)10(5)25-16(20)9-8-4-22-13-11(8)24-12(9)14(13)26-15(19)6(2)18/h7H,4H2,1-3H3. The minimum absolute atomic E-state index is 0.0125. The average Bonchev–Trinajstić information content (AvgIpc) is 3.25. The minimum Gasteiger partial charge on any atom is -0.481 e. The number of Topliss-reactive ketones (excluding diaryl/α,β-unsaturated/α-hetero) is 1. The summed E-state index contributed by atoms with van der Waals surface area (Å²) in [6, 6.07) is 0. The number of fused-ring (bicyclic) bond motifs is 1. The first kappa shape index (κ1) is 16.1. The molecule has 0 aromatic carbocycles. The zero-order valence-corrected chi connectivity index (χ0v) is 14.0. The molecule has 2 aliphatic heterocycles. The lowest BCUT2D eigenvalue weighted by atomic mass is 10.1. The first-order chi connectivity index (χ1) is 12.3. The van der Waals surface area contributed by atoms with Gasteiger partial charge in [0, 0.05) is 12.5 Å². The SMILES string of the molecule is CC(=O)C(=O)Oc1c2c3oc1c(C(=O)OC1=C(C)C(C)OC1=O)c3CO2. The van der Waals surface area contributed by atoms with Crippen LogP contribution in [0.4, 0.5) is 0 Å². The minimum atomic E-state index is -1.12. The van der Waals surface area contributed by atoms with E-state index in [0.717, 1.165) is 6.92 Å². The van der Waals surface area contributed by atoms with Crippen molar-refractivity contribution >= 4 is 34.9 Å². The van der Waals surface area contributed by atoms with E-state index >= 15 is 0 Å². The molecule has 0 fully saturated rings. The highest BCUT2D eigenvalue weighted by molar-refractivity contribution is 6.33. The fraction of sp³-hybridized carbons (Fsp3) is 0.294. The van der Waals surface area contributed by atoms with Gasteiger partial charge in [-0.05, 0) is 13.8 Å². The molecule has 0 saturated carbocycles. The van der Waals surface area contributed by atoms with Gasteiger partial charge in [0.1, 0.15) is 18.3 Å². The number of ether oxygens (including phenoxy) is 4. The lowest BCUT2D eigenvalue weighted by molar-refractivity contribution is -0.146. The summed E-state index contributed by atoms with van der Waals surface area (Å²) in [4.78, 5) is 47.1. The van der Waals surface area contributed by atoms with Gasteiger partial charge in [-0.15, -0.1) is 0 Å². The number of hydrogen-bond acceptors (Lipinski definition) is 9. The predicted octanol–water partition coefficient (Wildman–Crippen LogP) is 1.63. The van der Waals surface area contributed by atoms with E-state index in [1.807, 2.05) is 0 Å². The molecule has 4 heterocycles. The number of benzene rings is 1. The van der Waals surface area contributed by atoms with E-state index in [1.54, 1.807) is 13.8 Å². The van der Waals surface area contributed by atoms with Crippen LogP contribution >= 0.6 is 0 Å². The molecule has 9 nitrogen and oxygen atoms in total. The Morgan fingerprint density at radius 3 is 2.50 bits per heavy atom. The molecular formula is C17H12O9. The highest BCUT2D eigenvalue weighted by atomic mass is 16.6. The van der Waals surface area contributed by atoms with E-state index in [1.165, 1.54) is 0 Å². The third-order valence-electron chi connectivity index (χ3n) is 4.30. The monoisotopic (exact) mass is 360 g/mol. The number of ketones is 1. The van der Waals surface area contributed by atoms with E-state index in [2.05, 4.69) is 0 Å². The van der Waals surface area contributed by atoms with Gasteiger partial charge in [0.15, 0.2) is 11.2 Å². The Bertz CT molecular complexity index is 1020. The molecule has 0 saturated heterocycles. The number of furan rings is 2. The van der Waals surface area contributed by atoms with Crippen LogP contribution in [0.2, 0.25) is 0 Å². The largest absolute Gasteiger partial charge is 0.481 e. The van der Waals surface area contributed by atoms with Crippen LogP contribution in [-0.2, 0) is 30.5 Å². The topological polar surface area (TPSA) is 118 Å². The highest BCUT2D eigenvalue weighted by Gasteiger charge is 2.41. The summed E-state index contributed by atoms with van der Waals surface area (Å²) in [5.74, 6) is -3.72. The average molecular weight is 360 g/mol. The fourth-order valence-electron chi connectivity index (χ4n) is 2.82. The summed E-state index contributed by atoms with van der Waals surface area (Å²) in [6.45, 7) is 4.33.